The normalized spacial score (nSPS) is 11.2. The molecule has 3 aromatic carbocycles. The first kappa shape index (κ1) is 14.8. The zero-order chi connectivity index (χ0) is 16.4. The highest BCUT2D eigenvalue weighted by atomic mass is 16.5. The maximum atomic E-state index is 8.97. The molecule has 1 aromatic heterocycles. The van der Waals surface area contributed by atoms with E-state index in [1.165, 1.54) is 21.9 Å². The van der Waals surface area contributed by atoms with E-state index >= 15 is 0 Å². The van der Waals surface area contributed by atoms with Gasteiger partial charge < -0.3 is 14.4 Å². The molecule has 0 amide bonds. The summed E-state index contributed by atoms with van der Waals surface area (Å²) >= 11 is 0. The molecular formula is C21H19NO2. The smallest absolute Gasteiger partial charge is 0.121 e. The minimum Gasteiger partial charge on any atom is -0.491 e. The molecule has 24 heavy (non-hydrogen) atoms. The van der Waals surface area contributed by atoms with Crippen molar-refractivity contribution in [2.24, 2.45) is 0 Å². The number of aliphatic hydroxyl groups excluding tert-OH is 1. The van der Waals surface area contributed by atoms with Crippen LogP contribution in [0.4, 0.5) is 0 Å². The molecule has 3 heteroatoms. The van der Waals surface area contributed by atoms with Crippen LogP contribution < -0.4 is 4.74 Å². The Hall–Kier alpha value is -2.78. The fraction of sp³-hybridized carbons (Fsp3) is 0.143. The molecule has 4 rings (SSSR count). The summed E-state index contributed by atoms with van der Waals surface area (Å²) in [6.07, 6.45) is 0. The van der Waals surface area contributed by atoms with Crippen molar-refractivity contribution in [3.63, 3.8) is 0 Å². The maximum absolute atomic E-state index is 8.97. The van der Waals surface area contributed by atoms with Crippen LogP contribution in [0.5, 0.6) is 5.75 Å². The third kappa shape index (κ3) is 2.63. The van der Waals surface area contributed by atoms with E-state index < -0.39 is 0 Å². The monoisotopic (exact) mass is 317 g/mol. The molecule has 0 spiro atoms. The molecule has 1 heterocycles. The standard InChI is InChI=1S/C21H19NO2/c23-12-13-24-17-10-11-19-18-8-4-5-9-20(18)22(21(19)14-17)15-16-6-2-1-3-7-16/h1-11,14,23H,12-13,15H2. The molecule has 4 aromatic rings. The van der Waals surface area contributed by atoms with Gasteiger partial charge in [0.25, 0.3) is 0 Å². The number of aromatic nitrogens is 1. The molecule has 0 aliphatic heterocycles. The molecule has 0 fully saturated rings. The summed E-state index contributed by atoms with van der Waals surface area (Å²) in [7, 11) is 0. The quantitative estimate of drug-likeness (QED) is 0.598. The average molecular weight is 317 g/mol. The molecule has 0 bridgehead atoms. The molecule has 0 saturated heterocycles. The number of fused-ring (bicyclic) bond motifs is 3. The van der Waals surface area contributed by atoms with Crippen LogP contribution in [0, 0.1) is 0 Å². The Balaban J connectivity index is 1.89. The van der Waals surface area contributed by atoms with Crippen molar-refractivity contribution in [3.05, 3.63) is 78.4 Å². The largest absolute Gasteiger partial charge is 0.491 e. The summed E-state index contributed by atoms with van der Waals surface area (Å²) in [5, 5.41) is 11.4. The fourth-order valence-corrected chi connectivity index (χ4v) is 3.22. The van der Waals surface area contributed by atoms with Gasteiger partial charge in [-0.3, -0.25) is 0 Å². The van der Waals surface area contributed by atoms with E-state index in [2.05, 4.69) is 65.2 Å². The third-order valence-electron chi connectivity index (χ3n) is 4.29. The van der Waals surface area contributed by atoms with Gasteiger partial charge in [-0.2, -0.15) is 0 Å². The van der Waals surface area contributed by atoms with Gasteiger partial charge >= 0.3 is 0 Å². The molecule has 0 unspecified atom stereocenters. The number of hydrogen-bond acceptors (Lipinski definition) is 2. The molecule has 0 aliphatic rings. The molecule has 1 N–H and O–H groups in total. The Morgan fingerprint density at radius 2 is 1.54 bits per heavy atom. The van der Waals surface area contributed by atoms with E-state index in [-0.39, 0.29) is 6.61 Å². The van der Waals surface area contributed by atoms with Crippen LogP contribution in [0.15, 0.2) is 72.8 Å². The van der Waals surface area contributed by atoms with Gasteiger partial charge in [0.2, 0.25) is 0 Å². The van der Waals surface area contributed by atoms with Crippen molar-refractivity contribution in [1.29, 1.82) is 0 Å². The summed E-state index contributed by atoms with van der Waals surface area (Å²) in [5.41, 5.74) is 3.63. The van der Waals surface area contributed by atoms with Crippen molar-refractivity contribution in [1.82, 2.24) is 4.57 Å². The number of rotatable bonds is 5. The lowest BCUT2D eigenvalue weighted by molar-refractivity contribution is 0.201. The van der Waals surface area contributed by atoms with Crippen LogP contribution in [0.3, 0.4) is 0 Å². The average Bonchev–Trinajstić information content (AvgIpc) is 2.94. The summed E-state index contributed by atoms with van der Waals surface area (Å²) in [4.78, 5) is 0. The predicted molar refractivity (Wildman–Crippen MR) is 97.6 cm³/mol. The second-order valence-corrected chi connectivity index (χ2v) is 5.84. The topological polar surface area (TPSA) is 34.4 Å². The highest BCUT2D eigenvalue weighted by Crippen LogP contribution is 2.32. The lowest BCUT2D eigenvalue weighted by atomic mass is 10.1. The van der Waals surface area contributed by atoms with Gasteiger partial charge in [0, 0.05) is 28.9 Å². The van der Waals surface area contributed by atoms with Crippen LogP contribution in [-0.4, -0.2) is 22.9 Å². The van der Waals surface area contributed by atoms with Gasteiger partial charge in [-0.25, -0.2) is 0 Å². The van der Waals surface area contributed by atoms with Crippen LogP contribution in [-0.2, 0) is 6.54 Å². The van der Waals surface area contributed by atoms with Gasteiger partial charge in [0.05, 0.1) is 12.1 Å². The zero-order valence-electron chi connectivity index (χ0n) is 13.4. The van der Waals surface area contributed by atoms with Crippen molar-refractivity contribution >= 4 is 21.8 Å². The molecular weight excluding hydrogens is 298 g/mol. The summed E-state index contributed by atoms with van der Waals surface area (Å²) in [6, 6.07) is 25.1. The first-order valence-corrected chi connectivity index (χ1v) is 8.15. The molecule has 0 radical (unpaired) electrons. The van der Waals surface area contributed by atoms with Gasteiger partial charge in [-0.15, -0.1) is 0 Å². The fourth-order valence-electron chi connectivity index (χ4n) is 3.22. The van der Waals surface area contributed by atoms with E-state index in [1.807, 2.05) is 12.1 Å². The number of hydrogen-bond donors (Lipinski definition) is 1. The Kier molecular flexibility index (Phi) is 3.93. The maximum Gasteiger partial charge on any atom is 0.121 e. The highest BCUT2D eigenvalue weighted by molar-refractivity contribution is 6.08. The third-order valence-corrected chi connectivity index (χ3v) is 4.29. The van der Waals surface area contributed by atoms with E-state index in [0.717, 1.165) is 17.8 Å². The molecule has 0 aliphatic carbocycles. The number of ether oxygens (including phenoxy) is 1. The number of benzene rings is 3. The van der Waals surface area contributed by atoms with Gasteiger partial charge in [0.15, 0.2) is 0 Å². The second-order valence-electron chi connectivity index (χ2n) is 5.84. The first-order valence-electron chi connectivity index (χ1n) is 8.15. The summed E-state index contributed by atoms with van der Waals surface area (Å²) in [5.74, 6) is 0.786. The summed E-state index contributed by atoms with van der Waals surface area (Å²) in [6.45, 7) is 1.14. The van der Waals surface area contributed by atoms with Gasteiger partial charge in [-0.1, -0.05) is 48.5 Å². The van der Waals surface area contributed by atoms with E-state index in [9.17, 15) is 0 Å². The second kappa shape index (κ2) is 6.38. The lowest BCUT2D eigenvalue weighted by Gasteiger charge is -2.09. The number of aliphatic hydroxyl groups is 1. The Morgan fingerprint density at radius 3 is 2.38 bits per heavy atom. The molecule has 3 nitrogen and oxygen atoms in total. The Labute approximate surface area is 140 Å². The van der Waals surface area contributed by atoms with Crippen LogP contribution >= 0.6 is 0 Å². The zero-order valence-corrected chi connectivity index (χ0v) is 13.4. The number of nitrogens with zero attached hydrogens (tertiary/aromatic N) is 1. The van der Waals surface area contributed by atoms with Crippen molar-refractivity contribution in [3.8, 4) is 5.75 Å². The SMILES string of the molecule is OCCOc1ccc2c3ccccc3n(Cc3ccccc3)c2c1. The molecule has 0 atom stereocenters. The predicted octanol–water partition coefficient (Wildman–Crippen LogP) is 4.21. The summed E-state index contributed by atoms with van der Waals surface area (Å²) < 4.78 is 7.93. The van der Waals surface area contributed by atoms with Crippen LogP contribution in [0.2, 0.25) is 0 Å². The van der Waals surface area contributed by atoms with E-state index in [0.29, 0.717) is 6.61 Å². The van der Waals surface area contributed by atoms with E-state index in [4.69, 9.17) is 9.84 Å². The Bertz CT molecular complexity index is 973. The number of para-hydroxylation sites is 1. The van der Waals surface area contributed by atoms with E-state index in [1.54, 1.807) is 0 Å². The highest BCUT2D eigenvalue weighted by Gasteiger charge is 2.11. The van der Waals surface area contributed by atoms with Crippen molar-refractivity contribution < 1.29 is 9.84 Å². The minimum atomic E-state index is 0.0189. The van der Waals surface area contributed by atoms with Crippen LogP contribution in [0.25, 0.3) is 21.8 Å². The Morgan fingerprint density at radius 1 is 0.792 bits per heavy atom. The minimum absolute atomic E-state index is 0.0189. The first-order chi connectivity index (χ1) is 11.9. The van der Waals surface area contributed by atoms with Crippen molar-refractivity contribution in [2.75, 3.05) is 13.2 Å². The van der Waals surface area contributed by atoms with Crippen molar-refractivity contribution in [2.45, 2.75) is 6.54 Å². The van der Waals surface area contributed by atoms with Gasteiger partial charge in [-0.05, 0) is 23.8 Å². The molecule has 120 valence electrons. The lowest BCUT2D eigenvalue weighted by Crippen LogP contribution is -2.02. The van der Waals surface area contributed by atoms with Crippen LogP contribution in [0.1, 0.15) is 5.56 Å². The van der Waals surface area contributed by atoms with Gasteiger partial charge in [0.1, 0.15) is 12.4 Å². The molecule has 0 saturated carbocycles.